The largest absolute Gasteiger partial charge is 0.462 e. The van der Waals surface area contributed by atoms with Gasteiger partial charge < -0.3 is 4.74 Å². The van der Waals surface area contributed by atoms with E-state index in [1.807, 2.05) is 13.8 Å². The molecule has 0 unspecified atom stereocenters. The molecule has 0 saturated carbocycles. The Balaban J connectivity index is 2.63. The highest BCUT2D eigenvalue weighted by atomic mass is 16.5. The SMILES string of the molecule is CCCCCCCCN1C(C)(C)CC(OC(=O)C(C)(C)CC)CC1(C)C. The Kier molecular flexibility index (Phi) is 8.64. The quantitative estimate of drug-likeness (QED) is 0.333. The third-order valence-electron chi connectivity index (χ3n) is 6.36. The molecule has 0 aromatic carbocycles. The van der Waals surface area contributed by atoms with E-state index in [1.165, 1.54) is 38.5 Å². The summed E-state index contributed by atoms with van der Waals surface area (Å²) in [6, 6.07) is 0. The van der Waals surface area contributed by atoms with Crippen LogP contribution in [0.15, 0.2) is 0 Å². The first-order valence-corrected chi connectivity index (χ1v) is 10.9. The molecule has 1 saturated heterocycles. The zero-order valence-corrected chi connectivity index (χ0v) is 18.9. The molecule has 3 heteroatoms. The van der Waals surface area contributed by atoms with E-state index in [1.54, 1.807) is 0 Å². The number of ether oxygens (including phenoxy) is 1. The monoisotopic (exact) mass is 367 g/mol. The van der Waals surface area contributed by atoms with Crippen molar-refractivity contribution in [1.82, 2.24) is 4.90 Å². The number of carbonyl (C=O) groups excluding carboxylic acids is 1. The van der Waals surface area contributed by atoms with Gasteiger partial charge in [0, 0.05) is 23.9 Å². The molecule has 1 rings (SSSR count). The van der Waals surface area contributed by atoms with Gasteiger partial charge in [0.2, 0.25) is 0 Å². The molecular formula is C23H45NO2. The fourth-order valence-electron chi connectivity index (χ4n) is 4.42. The van der Waals surface area contributed by atoms with Crippen molar-refractivity contribution in [1.29, 1.82) is 0 Å². The summed E-state index contributed by atoms with van der Waals surface area (Å²) in [6.07, 6.45) is 10.7. The lowest BCUT2D eigenvalue weighted by atomic mass is 9.77. The summed E-state index contributed by atoms with van der Waals surface area (Å²) in [7, 11) is 0. The molecule has 0 spiro atoms. The Morgan fingerprint density at radius 2 is 1.46 bits per heavy atom. The Bertz CT molecular complexity index is 421. The number of esters is 1. The van der Waals surface area contributed by atoms with Crippen molar-refractivity contribution >= 4 is 5.97 Å². The highest BCUT2D eigenvalue weighted by Gasteiger charge is 2.46. The van der Waals surface area contributed by atoms with E-state index < -0.39 is 0 Å². The van der Waals surface area contributed by atoms with E-state index in [0.29, 0.717) is 0 Å². The molecule has 154 valence electrons. The lowest BCUT2D eigenvalue weighted by molar-refractivity contribution is -0.170. The summed E-state index contributed by atoms with van der Waals surface area (Å²) < 4.78 is 5.97. The minimum absolute atomic E-state index is 0.0270. The number of unbranched alkanes of at least 4 members (excludes halogenated alkanes) is 5. The maximum Gasteiger partial charge on any atom is 0.311 e. The second-order valence-corrected chi connectivity index (χ2v) is 10.2. The van der Waals surface area contributed by atoms with E-state index in [4.69, 9.17) is 4.74 Å². The van der Waals surface area contributed by atoms with E-state index in [-0.39, 0.29) is 28.6 Å². The van der Waals surface area contributed by atoms with Gasteiger partial charge in [0.05, 0.1) is 5.41 Å². The zero-order valence-electron chi connectivity index (χ0n) is 18.9. The van der Waals surface area contributed by atoms with E-state index >= 15 is 0 Å². The fraction of sp³-hybridized carbons (Fsp3) is 0.957. The van der Waals surface area contributed by atoms with Gasteiger partial charge in [-0.3, -0.25) is 9.69 Å². The normalized spacial score (nSPS) is 20.9. The maximum atomic E-state index is 12.5. The smallest absolute Gasteiger partial charge is 0.311 e. The molecule has 1 aliphatic heterocycles. The molecule has 0 amide bonds. The second-order valence-electron chi connectivity index (χ2n) is 10.2. The van der Waals surface area contributed by atoms with Crippen LogP contribution in [0.5, 0.6) is 0 Å². The van der Waals surface area contributed by atoms with Gasteiger partial charge in [0.15, 0.2) is 0 Å². The van der Waals surface area contributed by atoms with Crippen LogP contribution >= 0.6 is 0 Å². The number of rotatable bonds is 10. The molecule has 1 aliphatic rings. The average molecular weight is 368 g/mol. The van der Waals surface area contributed by atoms with Gasteiger partial charge in [-0.2, -0.15) is 0 Å². The van der Waals surface area contributed by atoms with Crippen molar-refractivity contribution < 1.29 is 9.53 Å². The first kappa shape index (κ1) is 23.5. The van der Waals surface area contributed by atoms with Gasteiger partial charge in [-0.15, -0.1) is 0 Å². The minimum Gasteiger partial charge on any atom is -0.462 e. The molecule has 0 aliphatic carbocycles. The van der Waals surface area contributed by atoms with Gasteiger partial charge in [-0.05, 0) is 60.9 Å². The van der Waals surface area contributed by atoms with Crippen LogP contribution < -0.4 is 0 Å². The van der Waals surface area contributed by atoms with Crippen LogP contribution in [0.4, 0.5) is 0 Å². The Morgan fingerprint density at radius 3 is 1.96 bits per heavy atom. The topological polar surface area (TPSA) is 29.5 Å². The van der Waals surface area contributed by atoms with Crippen molar-refractivity contribution in [3.05, 3.63) is 0 Å². The van der Waals surface area contributed by atoms with E-state index in [9.17, 15) is 4.79 Å². The molecule has 0 atom stereocenters. The number of hydrogen-bond donors (Lipinski definition) is 0. The average Bonchev–Trinajstić information content (AvgIpc) is 2.51. The van der Waals surface area contributed by atoms with Gasteiger partial charge in [-0.1, -0.05) is 46.0 Å². The van der Waals surface area contributed by atoms with Crippen LogP contribution in [0.25, 0.3) is 0 Å². The number of carbonyl (C=O) groups is 1. The Labute approximate surface area is 163 Å². The van der Waals surface area contributed by atoms with Crippen molar-refractivity contribution in [2.75, 3.05) is 6.54 Å². The maximum absolute atomic E-state index is 12.5. The van der Waals surface area contributed by atoms with Crippen LogP contribution in [0.2, 0.25) is 0 Å². The summed E-state index contributed by atoms with van der Waals surface area (Å²) in [5.41, 5.74) is -0.261. The molecule has 26 heavy (non-hydrogen) atoms. The Morgan fingerprint density at radius 1 is 0.962 bits per heavy atom. The van der Waals surface area contributed by atoms with Crippen LogP contribution in [-0.4, -0.2) is 34.6 Å². The number of nitrogens with zero attached hydrogens (tertiary/aromatic N) is 1. The molecule has 0 radical (unpaired) electrons. The summed E-state index contributed by atoms with van der Waals surface area (Å²) in [6.45, 7) is 18.7. The summed E-state index contributed by atoms with van der Waals surface area (Å²) in [4.78, 5) is 15.2. The summed E-state index contributed by atoms with van der Waals surface area (Å²) in [5, 5.41) is 0. The fourth-order valence-corrected chi connectivity index (χ4v) is 4.42. The number of hydrogen-bond acceptors (Lipinski definition) is 3. The standard InChI is InChI=1S/C23H45NO2/c1-9-11-12-13-14-15-16-24-22(5,6)17-19(18-23(24,7)8)26-20(25)21(3,4)10-2/h19H,9-18H2,1-8H3. The predicted octanol–water partition coefficient (Wildman–Crippen LogP) is 6.35. The van der Waals surface area contributed by atoms with Crippen molar-refractivity contribution in [2.45, 2.75) is 130 Å². The van der Waals surface area contributed by atoms with Gasteiger partial charge >= 0.3 is 5.97 Å². The molecule has 0 N–H and O–H groups in total. The van der Waals surface area contributed by atoms with Crippen LogP contribution in [0.1, 0.15) is 113 Å². The van der Waals surface area contributed by atoms with Crippen LogP contribution in [0, 0.1) is 5.41 Å². The lowest BCUT2D eigenvalue weighted by Crippen LogP contribution is -2.62. The summed E-state index contributed by atoms with van der Waals surface area (Å²) in [5.74, 6) is -0.0408. The molecule has 1 heterocycles. The van der Waals surface area contributed by atoms with E-state index in [0.717, 1.165) is 25.8 Å². The van der Waals surface area contributed by atoms with Crippen molar-refractivity contribution in [3.63, 3.8) is 0 Å². The molecule has 3 nitrogen and oxygen atoms in total. The number of piperidine rings is 1. The van der Waals surface area contributed by atoms with Crippen LogP contribution in [-0.2, 0) is 9.53 Å². The third kappa shape index (κ3) is 6.55. The zero-order chi connectivity index (χ0) is 20.0. The molecule has 1 fully saturated rings. The van der Waals surface area contributed by atoms with Crippen molar-refractivity contribution in [2.24, 2.45) is 5.41 Å². The third-order valence-corrected chi connectivity index (χ3v) is 6.36. The lowest BCUT2D eigenvalue weighted by Gasteiger charge is -2.55. The van der Waals surface area contributed by atoms with E-state index in [2.05, 4.69) is 46.4 Å². The molecule has 0 bridgehead atoms. The molecule has 0 aromatic rings. The number of likely N-dealkylation sites (tertiary alicyclic amines) is 1. The second kappa shape index (κ2) is 9.57. The minimum atomic E-state index is -0.385. The van der Waals surface area contributed by atoms with Crippen molar-refractivity contribution in [3.8, 4) is 0 Å². The van der Waals surface area contributed by atoms with Crippen LogP contribution in [0.3, 0.4) is 0 Å². The Hall–Kier alpha value is -0.570. The van der Waals surface area contributed by atoms with Gasteiger partial charge in [0.25, 0.3) is 0 Å². The highest BCUT2D eigenvalue weighted by molar-refractivity contribution is 5.76. The highest BCUT2D eigenvalue weighted by Crippen LogP contribution is 2.40. The first-order valence-electron chi connectivity index (χ1n) is 10.9. The van der Waals surface area contributed by atoms with Gasteiger partial charge in [0.1, 0.15) is 6.10 Å². The molecular weight excluding hydrogens is 322 g/mol. The first-order chi connectivity index (χ1) is 12.0. The molecule has 0 aromatic heterocycles. The summed E-state index contributed by atoms with van der Waals surface area (Å²) >= 11 is 0. The van der Waals surface area contributed by atoms with Gasteiger partial charge in [-0.25, -0.2) is 0 Å². The predicted molar refractivity (Wildman–Crippen MR) is 111 cm³/mol.